The minimum atomic E-state index is -1.60. The quantitative estimate of drug-likeness (QED) is 0.779. The Bertz CT molecular complexity index is 628. The number of alkyl carbamates (subject to hydrolysis) is 1. The second-order valence-corrected chi connectivity index (χ2v) is 5.38. The van der Waals surface area contributed by atoms with Gasteiger partial charge in [0.1, 0.15) is 6.61 Å². The fourth-order valence-corrected chi connectivity index (χ4v) is 2.50. The third kappa shape index (κ3) is 3.03. The van der Waals surface area contributed by atoms with Crippen molar-refractivity contribution in [3.63, 3.8) is 0 Å². The van der Waals surface area contributed by atoms with Crippen molar-refractivity contribution < 1.29 is 28.6 Å². The third-order valence-electron chi connectivity index (χ3n) is 3.67. The van der Waals surface area contributed by atoms with E-state index >= 15 is 0 Å². The molecule has 2 aliphatic heterocycles. The summed E-state index contributed by atoms with van der Waals surface area (Å²) in [6.45, 7) is 1.69. The molecule has 122 valence electrons. The van der Waals surface area contributed by atoms with Gasteiger partial charge in [-0.1, -0.05) is 30.3 Å². The van der Waals surface area contributed by atoms with Crippen LogP contribution in [0.2, 0.25) is 0 Å². The highest BCUT2D eigenvalue weighted by atomic mass is 16.9. The van der Waals surface area contributed by atoms with E-state index in [1.807, 2.05) is 18.2 Å². The molecular weight excluding hydrogens is 304 g/mol. The zero-order valence-electron chi connectivity index (χ0n) is 12.4. The maximum Gasteiger partial charge on any atom is 0.408 e. The van der Waals surface area contributed by atoms with Gasteiger partial charge in [-0.2, -0.15) is 0 Å². The Morgan fingerprint density at radius 1 is 1.35 bits per heavy atom. The van der Waals surface area contributed by atoms with Crippen molar-refractivity contribution in [3.8, 4) is 0 Å². The standard InChI is InChI=1S/C15H16N2O6/c1-9-22-13(23-9)15(7-11(18)16-12(15)19)17-14(20)21-8-10-5-3-2-4-6-10/h2-6,9,13H,7-8H2,1H3,(H,17,20)(H,16,18,19). The summed E-state index contributed by atoms with van der Waals surface area (Å²) in [6.07, 6.45) is -2.61. The zero-order valence-corrected chi connectivity index (χ0v) is 12.4. The van der Waals surface area contributed by atoms with Gasteiger partial charge in [-0.25, -0.2) is 4.79 Å². The maximum absolute atomic E-state index is 12.1. The molecule has 1 aromatic rings. The summed E-state index contributed by atoms with van der Waals surface area (Å²) >= 11 is 0. The third-order valence-corrected chi connectivity index (χ3v) is 3.67. The SMILES string of the molecule is CC1OC(C2(NC(=O)OCc3ccccc3)CC(=O)NC2=O)O1. The molecule has 8 nitrogen and oxygen atoms in total. The van der Waals surface area contributed by atoms with Crippen molar-refractivity contribution in [2.45, 2.75) is 38.1 Å². The molecule has 8 heteroatoms. The van der Waals surface area contributed by atoms with Crippen LogP contribution in [0.3, 0.4) is 0 Å². The Hall–Kier alpha value is -2.45. The number of hydrogen-bond acceptors (Lipinski definition) is 6. The van der Waals surface area contributed by atoms with Crippen molar-refractivity contribution >= 4 is 17.9 Å². The van der Waals surface area contributed by atoms with Crippen molar-refractivity contribution in [2.24, 2.45) is 0 Å². The monoisotopic (exact) mass is 320 g/mol. The van der Waals surface area contributed by atoms with Crippen LogP contribution in [0.5, 0.6) is 0 Å². The van der Waals surface area contributed by atoms with Crippen LogP contribution >= 0.6 is 0 Å². The Kier molecular flexibility index (Phi) is 4.01. The number of carbonyl (C=O) groups excluding carboxylic acids is 3. The van der Waals surface area contributed by atoms with Crippen LogP contribution in [0.15, 0.2) is 30.3 Å². The van der Waals surface area contributed by atoms with Crippen LogP contribution < -0.4 is 10.6 Å². The van der Waals surface area contributed by atoms with Crippen molar-refractivity contribution in [2.75, 3.05) is 0 Å². The van der Waals surface area contributed by atoms with Crippen molar-refractivity contribution in [1.82, 2.24) is 10.6 Å². The number of rotatable bonds is 4. The largest absolute Gasteiger partial charge is 0.445 e. The van der Waals surface area contributed by atoms with E-state index < -0.39 is 36.0 Å². The first kappa shape index (κ1) is 15.4. The van der Waals surface area contributed by atoms with E-state index in [0.29, 0.717) is 0 Å². The average Bonchev–Trinajstić information content (AvgIpc) is 2.77. The van der Waals surface area contributed by atoms with E-state index in [0.717, 1.165) is 5.56 Å². The molecule has 0 saturated carbocycles. The van der Waals surface area contributed by atoms with Gasteiger partial charge in [0.15, 0.2) is 18.1 Å². The van der Waals surface area contributed by atoms with Crippen LogP contribution in [0.25, 0.3) is 0 Å². The lowest BCUT2D eigenvalue weighted by Crippen LogP contribution is -2.67. The van der Waals surface area contributed by atoms with E-state index in [2.05, 4.69) is 10.6 Å². The first-order valence-corrected chi connectivity index (χ1v) is 7.14. The lowest BCUT2D eigenvalue weighted by Gasteiger charge is -2.43. The van der Waals surface area contributed by atoms with Gasteiger partial charge in [-0.05, 0) is 12.5 Å². The van der Waals surface area contributed by atoms with Crippen molar-refractivity contribution in [3.05, 3.63) is 35.9 Å². The average molecular weight is 320 g/mol. The smallest absolute Gasteiger partial charge is 0.408 e. The number of amides is 3. The van der Waals surface area contributed by atoms with E-state index in [1.54, 1.807) is 19.1 Å². The second-order valence-electron chi connectivity index (χ2n) is 5.38. The molecule has 1 aromatic carbocycles. The molecule has 2 N–H and O–H groups in total. The molecule has 0 bridgehead atoms. The van der Waals surface area contributed by atoms with Gasteiger partial charge < -0.3 is 19.5 Å². The first-order chi connectivity index (χ1) is 11.0. The molecule has 0 aliphatic carbocycles. The van der Waals surface area contributed by atoms with Crippen LogP contribution in [-0.2, 0) is 30.4 Å². The van der Waals surface area contributed by atoms with Crippen LogP contribution in [-0.4, -0.2) is 36.0 Å². The van der Waals surface area contributed by atoms with Crippen molar-refractivity contribution in [1.29, 1.82) is 0 Å². The highest BCUT2D eigenvalue weighted by molar-refractivity contribution is 6.09. The van der Waals surface area contributed by atoms with Crippen LogP contribution in [0.4, 0.5) is 4.79 Å². The molecule has 23 heavy (non-hydrogen) atoms. The summed E-state index contributed by atoms with van der Waals surface area (Å²) in [5.74, 6) is -1.18. The molecule has 0 spiro atoms. The van der Waals surface area contributed by atoms with Gasteiger partial charge >= 0.3 is 6.09 Å². The highest BCUT2D eigenvalue weighted by Crippen LogP contribution is 2.32. The Labute approximate surface area is 132 Å². The molecule has 1 atom stereocenters. The fraction of sp³-hybridized carbons (Fsp3) is 0.400. The van der Waals surface area contributed by atoms with E-state index in [4.69, 9.17) is 14.2 Å². The molecule has 1 unspecified atom stereocenters. The van der Waals surface area contributed by atoms with Gasteiger partial charge in [-0.3, -0.25) is 14.9 Å². The molecule has 2 heterocycles. The van der Waals surface area contributed by atoms with Gasteiger partial charge in [0.05, 0.1) is 6.42 Å². The number of benzene rings is 1. The zero-order chi connectivity index (χ0) is 16.4. The van der Waals surface area contributed by atoms with Crippen LogP contribution in [0.1, 0.15) is 18.9 Å². The lowest BCUT2D eigenvalue weighted by molar-refractivity contribution is -0.391. The molecule has 0 aromatic heterocycles. The molecule has 0 radical (unpaired) electrons. The van der Waals surface area contributed by atoms with Gasteiger partial charge in [-0.15, -0.1) is 0 Å². The topological polar surface area (TPSA) is 103 Å². The van der Waals surface area contributed by atoms with Gasteiger partial charge in [0.2, 0.25) is 5.91 Å². The predicted molar refractivity (Wildman–Crippen MR) is 75.7 cm³/mol. The van der Waals surface area contributed by atoms with E-state index in [-0.39, 0.29) is 13.0 Å². The Morgan fingerprint density at radius 2 is 2.04 bits per heavy atom. The number of carbonyl (C=O) groups is 3. The minimum absolute atomic E-state index is 0.0428. The Balaban J connectivity index is 1.65. The summed E-state index contributed by atoms with van der Waals surface area (Å²) < 4.78 is 15.7. The second kappa shape index (κ2) is 5.98. The summed E-state index contributed by atoms with van der Waals surface area (Å²) in [5, 5.41) is 4.56. The molecule has 2 fully saturated rings. The highest BCUT2D eigenvalue weighted by Gasteiger charge is 2.59. The molecule has 2 saturated heterocycles. The number of imide groups is 1. The minimum Gasteiger partial charge on any atom is -0.445 e. The molecule has 3 amide bonds. The molecule has 2 aliphatic rings. The van der Waals surface area contributed by atoms with Gasteiger partial charge in [0.25, 0.3) is 5.91 Å². The molecular formula is C15H16N2O6. The number of hydrogen-bond donors (Lipinski definition) is 2. The predicted octanol–water partition coefficient (Wildman–Crippen LogP) is 0.417. The normalized spacial score (nSPS) is 29.6. The fourth-order valence-electron chi connectivity index (χ4n) is 2.50. The van der Waals surface area contributed by atoms with E-state index in [1.165, 1.54) is 0 Å². The summed E-state index contributed by atoms with van der Waals surface area (Å²) in [5.41, 5.74) is -0.800. The molecule has 3 rings (SSSR count). The summed E-state index contributed by atoms with van der Waals surface area (Å²) in [6, 6.07) is 9.08. The number of nitrogens with one attached hydrogen (secondary N) is 2. The number of ether oxygens (including phenoxy) is 3. The maximum atomic E-state index is 12.1. The van der Waals surface area contributed by atoms with Crippen LogP contribution in [0, 0.1) is 0 Å². The van der Waals surface area contributed by atoms with Gasteiger partial charge in [0, 0.05) is 0 Å². The lowest BCUT2D eigenvalue weighted by atomic mass is 9.95. The Morgan fingerprint density at radius 3 is 2.61 bits per heavy atom. The summed E-state index contributed by atoms with van der Waals surface area (Å²) in [7, 11) is 0. The summed E-state index contributed by atoms with van der Waals surface area (Å²) in [4.78, 5) is 35.6. The van der Waals surface area contributed by atoms with E-state index in [9.17, 15) is 14.4 Å². The first-order valence-electron chi connectivity index (χ1n) is 7.14.